The molecular weight excluding hydrogens is 226 g/mol. The minimum Gasteiger partial charge on any atom is -0.354 e. The molecule has 6 heteroatoms. The fourth-order valence-electron chi connectivity index (χ4n) is 1.33. The molecule has 0 aliphatic heterocycles. The van der Waals surface area contributed by atoms with Crippen LogP contribution in [0.3, 0.4) is 0 Å². The monoisotopic (exact) mass is 237 g/mol. The number of anilines is 1. The number of thiazole rings is 1. The summed E-state index contributed by atoms with van der Waals surface area (Å²) in [4.78, 5) is 32.3. The number of H-pyrrole nitrogens is 1. The highest BCUT2D eigenvalue weighted by Crippen LogP contribution is 2.25. The predicted octanol–water partition coefficient (Wildman–Crippen LogP) is 1.25. The summed E-state index contributed by atoms with van der Waals surface area (Å²) in [6.07, 6.45) is 0. The highest BCUT2D eigenvalue weighted by molar-refractivity contribution is 7.21. The molecule has 0 radical (unpaired) electrons. The maximum Gasteiger partial charge on any atom is 0.260 e. The molecule has 0 fully saturated rings. The summed E-state index contributed by atoms with van der Waals surface area (Å²) in [6.45, 7) is 1.37. The SMILES string of the molecule is CC(=O)c1cc2nc(N(C)C)sc2[nH]c1=O. The van der Waals surface area contributed by atoms with E-state index in [-0.39, 0.29) is 16.9 Å². The molecule has 0 saturated carbocycles. The fourth-order valence-corrected chi connectivity index (χ4v) is 2.20. The molecule has 0 aromatic carbocycles. The lowest BCUT2D eigenvalue weighted by Crippen LogP contribution is -2.14. The van der Waals surface area contributed by atoms with Crippen molar-refractivity contribution in [3.05, 3.63) is 22.0 Å². The lowest BCUT2D eigenvalue weighted by atomic mass is 10.2. The molecule has 0 unspecified atom stereocenters. The van der Waals surface area contributed by atoms with Gasteiger partial charge < -0.3 is 9.88 Å². The Bertz CT molecular complexity index is 612. The lowest BCUT2D eigenvalue weighted by molar-refractivity contribution is 0.101. The van der Waals surface area contributed by atoms with E-state index in [4.69, 9.17) is 0 Å². The highest BCUT2D eigenvalue weighted by Gasteiger charge is 2.11. The summed E-state index contributed by atoms with van der Waals surface area (Å²) in [7, 11) is 3.75. The van der Waals surface area contributed by atoms with Crippen molar-refractivity contribution in [1.29, 1.82) is 0 Å². The van der Waals surface area contributed by atoms with Crippen molar-refractivity contribution in [2.75, 3.05) is 19.0 Å². The van der Waals surface area contributed by atoms with E-state index in [0.29, 0.717) is 10.3 Å². The Morgan fingerprint density at radius 2 is 2.19 bits per heavy atom. The van der Waals surface area contributed by atoms with Crippen molar-refractivity contribution in [2.45, 2.75) is 6.92 Å². The summed E-state index contributed by atoms with van der Waals surface area (Å²) in [5.41, 5.74) is 0.454. The maximum atomic E-state index is 11.5. The van der Waals surface area contributed by atoms with E-state index in [1.807, 2.05) is 19.0 Å². The van der Waals surface area contributed by atoms with Gasteiger partial charge in [0.15, 0.2) is 10.9 Å². The van der Waals surface area contributed by atoms with Crippen LogP contribution in [-0.4, -0.2) is 29.8 Å². The molecule has 2 rings (SSSR count). The average molecular weight is 237 g/mol. The Hall–Kier alpha value is -1.69. The molecule has 5 nitrogen and oxygen atoms in total. The quantitative estimate of drug-likeness (QED) is 0.798. The number of aromatic nitrogens is 2. The highest BCUT2D eigenvalue weighted by atomic mass is 32.1. The number of pyridine rings is 1. The first kappa shape index (κ1) is 10.8. The molecular formula is C10H11N3O2S. The Morgan fingerprint density at radius 1 is 1.50 bits per heavy atom. The number of fused-ring (bicyclic) bond motifs is 1. The maximum absolute atomic E-state index is 11.5. The number of ketones is 1. The summed E-state index contributed by atoms with van der Waals surface area (Å²) >= 11 is 1.39. The zero-order valence-electron chi connectivity index (χ0n) is 9.20. The second-order valence-electron chi connectivity index (χ2n) is 3.67. The topological polar surface area (TPSA) is 66.1 Å². The molecule has 0 spiro atoms. The van der Waals surface area contributed by atoms with Crippen LogP contribution in [0.5, 0.6) is 0 Å². The third-order valence-corrected chi connectivity index (χ3v) is 3.31. The van der Waals surface area contributed by atoms with E-state index in [2.05, 4.69) is 9.97 Å². The van der Waals surface area contributed by atoms with Crippen LogP contribution < -0.4 is 10.5 Å². The van der Waals surface area contributed by atoms with Crippen molar-refractivity contribution in [2.24, 2.45) is 0 Å². The fraction of sp³-hybridized carbons (Fsp3) is 0.300. The van der Waals surface area contributed by atoms with Crippen LogP contribution >= 0.6 is 11.3 Å². The van der Waals surface area contributed by atoms with Gasteiger partial charge in [-0.1, -0.05) is 11.3 Å². The van der Waals surface area contributed by atoms with Gasteiger partial charge in [0.05, 0.1) is 5.56 Å². The standard InChI is InChI=1S/C10H11N3O2S/c1-5(14)6-4-7-9(12-8(6)15)16-10(11-7)13(2)3/h4H,1-3H3,(H,12,15). The summed E-state index contributed by atoms with van der Waals surface area (Å²) in [5, 5.41) is 0.798. The minimum atomic E-state index is -0.353. The molecule has 0 atom stereocenters. The summed E-state index contributed by atoms with van der Waals surface area (Å²) in [5.74, 6) is -0.248. The van der Waals surface area contributed by atoms with Crippen LogP contribution in [-0.2, 0) is 0 Å². The smallest absolute Gasteiger partial charge is 0.260 e. The number of nitrogens with zero attached hydrogens (tertiary/aromatic N) is 2. The van der Waals surface area contributed by atoms with Crippen molar-refractivity contribution >= 4 is 32.6 Å². The van der Waals surface area contributed by atoms with Crippen LogP contribution in [0.25, 0.3) is 10.3 Å². The average Bonchev–Trinajstić information content (AvgIpc) is 2.58. The summed E-state index contributed by atoms with van der Waals surface area (Å²) < 4.78 is 0. The molecule has 0 saturated heterocycles. The molecule has 2 heterocycles. The largest absolute Gasteiger partial charge is 0.354 e. The first-order chi connectivity index (χ1) is 7.49. The third-order valence-electron chi connectivity index (χ3n) is 2.16. The van der Waals surface area contributed by atoms with Gasteiger partial charge in [0.25, 0.3) is 5.56 Å². The zero-order valence-corrected chi connectivity index (χ0v) is 10.0. The number of nitrogens with one attached hydrogen (secondary N) is 1. The van der Waals surface area contributed by atoms with Crippen molar-refractivity contribution in [3.8, 4) is 0 Å². The van der Waals surface area contributed by atoms with E-state index >= 15 is 0 Å². The van der Waals surface area contributed by atoms with E-state index < -0.39 is 0 Å². The third kappa shape index (κ3) is 1.71. The van der Waals surface area contributed by atoms with E-state index in [9.17, 15) is 9.59 Å². The normalized spacial score (nSPS) is 10.7. The number of hydrogen-bond acceptors (Lipinski definition) is 5. The number of Topliss-reactive ketones (excluding diaryl/α,β-unsaturated/α-hetero) is 1. The molecule has 0 aliphatic rings. The number of rotatable bonds is 2. The Labute approximate surface area is 95.7 Å². The van der Waals surface area contributed by atoms with E-state index in [1.54, 1.807) is 6.07 Å². The Morgan fingerprint density at radius 3 is 2.75 bits per heavy atom. The number of hydrogen-bond donors (Lipinski definition) is 1. The molecule has 16 heavy (non-hydrogen) atoms. The van der Waals surface area contributed by atoms with Crippen LogP contribution in [0.1, 0.15) is 17.3 Å². The number of carbonyl (C=O) groups is 1. The van der Waals surface area contributed by atoms with Gasteiger partial charge in [-0.05, 0) is 13.0 Å². The Balaban J connectivity index is 2.70. The van der Waals surface area contributed by atoms with Gasteiger partial charge in [-0.2, -0.15) is 0 Å². The second-order valence-corrected chi connectivity index (χ2v) is 4.65. The minimum absolute atomic E-state index is 0.156. The van der Waals surface area contributed by atoms with Gasteiger partial charge in [-0.25, -0.2) is 4.98 Å². The van der Waals surface area contributed by atoms with E-state index in [0.717, 1.165) is 5.13 Å². The van der Waals surface area contributed by atoms with Crippen LogP contribution in [0.2, 0.25) is 0 Å². The van der Waals surface area contributed by atoms with Gasteiger partial charge in [0.2, 0.25) is 0 Å². The molecule has 84 valence electrons. The van der Waals surface area contributed by atoms with Gasteiger partial charge in [0.1, 0.15) is 10.3 Å². The van der Waals surface area contributed by atoms with Crippen molar-refractivity contribution in [3.63, 3.8) is 0 Å². The second kappa shape index (κ2) is 3.71. The van der Waals surface area contributed by atoms with Crippen molar-refractivity contribution in [1.82, 2.24) is 9.97 Å². The van der Waals surface area contributed by atoms with Gasteiger partial charge in [-0.15, -0.1) is 0 Å². The predicted molar refractivity (Wildman–Crippen MR) is 64.6 cm³/mol. The first-order valence-electron chi connectivity index (χ1n) is 4.71. The van der Waals surface area contributed by atoms with E-state index in [1.165, 1.54) is 18.3 Å². The van der Waals surface area contributed by atoms with Crippen LogP contribution in [0.15, 0.2) is 10.9 Å². The molecule has 0 aliphatic carbocycles. The van der Waals surface area contributed by atoms with Crippen molar-refractivity contribution < 1.29 is 4.79 Å². The molecule has 1 N–H and O–H groups in total. The van der Waals surface area contributed by atoms with Gasteiger partial charge in [0, 0.05) is 14.1 Å². The first-order valence-corrected chi connectivity index (χ1v) is 5.53. The summed E-state index contributed by atoms with van der Waals surface area (Å²) in [6, 6.07) is 1.54. The number of aromatic amines is 1. The number of carbonyl (C=O) groups excluding carboxylic acids is 1. The molecule has 0 amide bonds. The zero-order chi connectivity index (χ0) is 11.9. The Kier molecular flexibility index (Phi) is 2.51. The van der Waals surface area contributed by atoms with Gasteiger partial charge in [-0.3, -0.25) is 9.59 Å². The lowest BCUT2D eigenvalue weighted by Gasteiger charge is -2.04. The molecule has 2 aromatic heterocycles. The van der Waals surface area contributed by atoms with Crippen LogP contribution in [0, 0.1) is 0 Å². The molecule has 2 aromatic rings. The van der Waals surface area contributed by atoms with Crippen LogP contribution in [0.4, 0.5) is 5.13 Å². The molecule has 0 bridgehead atoms. The van der Waals surface area contributed by atoms with Gasteiger partial charge >= 0.3 is 0 Å².